The molecular weight excluding hydrogens is 716 g/mol. The maximum atomic E-state index is 14.2. The summed E-state index contributed by atoms with van der Waals surface area (Å²) in [6.45, 7) is 19.4. The largest absolute Gasteiger partial charge is 0.481 e. The maximum Gasteiger partial charge on any atom is 0.309 e. The van der Waals surface area contributed by atoms with Crippen LogP contribution in [0.5, 0.6) is 0 Å². The van der Waals surface area contributed by atoms with E-state index in [1.807, 2.05) is 11.6 Å². The molecule has 4 fully saturated rings. The average Bonchev–Trinajstić information content (AvgIpc) is 3.63. The van der Waals surface area contributed by atoms with Gasteiger partial charge in [0.1, 0.15) is 17.9 Å². The Kier molecular flexibility index (Phi) is 9.64. The molecule has 2 heterocycles. The smallest absolute Gasteiger partial charge is 0.309 e. The number of rotatable bonds is 8. The van der Waals surface area contributed by atoms with Crippen molar-refractivity contribution < 1.29 is 29.3 Å². The van der Waals surface area contributed by atoms with E-state index >= 15 is 0 Å². The Labute approximate surface area is 331 Å². The first-order valence-electron chi connectivity index (χ1n) is 20.4. The van der Waals surface area contributed by atoms with Crippen molar-refractivity contribution in [3.63, 3.8) is 0 Å². The third kappa shape index (κ3) is 5.79. The number of hydrogen-bond acceptors (Lipinski definition) is 8. The summed E-state index contributed by atoms with van der Waals surface area (Å²) in [5.41, 5.74) is 0.401. The lowest BCUT2D eigenvalue weighted by molar-refractivity contribution is -0.235. The molecule has 7 rings (SSSR count). The predicted octanol–water partition coefficient (Wildman–Crippen LogP) is 8.96. The average molecular weight is 777 g/mol. The van der Waals surface area contributed by atoms with E-state index in [2.05, 4.69) is 63.6 Å². The predicted molar refractivity (Wildman–Crippen MR) is 210 cm³/mol. The standard InChI is InChI=1S/C44H61ClN4O6/c1-24(2)33-28(50)21-44(35(52)37-48-47-36(49(37)10)27-13-11-25(45)23-46-27)20-19-42(8)26(34(33)44)12-14-30-41(7)17-16-31(55-32(51)22-39(3,4)38(53)54)40(5,6)29(41)15-18-43(30,42)9/h11,13,23-24,26,29-31,35,52H,12,14-22H2,1-10H3,(H,53,54)/t26-,29+,30-,31+,35+,41+,42-,43-,44-/m1/s1. The zero-order chi connectivity index (χ0) is 40.3. The molecule has 5 aliphatic carbocycles. The van der Waals surface area contributed by atoms with Gasteiger partial charge < -0.3 is 19.5 Å². The number of allylic oxidation sites excluding steroid dienone is 1. The number of hydrogen-bond donors (Lipinski definition) is 2. The van der Waals surface area contributed by atoms with Crippen LogP contribution in [0.1, 0.15) is 138 Å². The van der Waals surface area contributed by atoms with Gasteiger partial charge in [0.25, 0.3) is 0 Å². The Morgan fingerprint density at radius 1 is 0.982 bits per heavy atom. The lowest BCUT2D eigenvalue weighted by Gasteiger charge is -2.72. The van der Waals surface area contributed by atoms with Crippen LogP contribution in [0.3, 0.4) is 0 Å². The normalized spacial score (nSPS) is 36.1. The van der Waals surface area contributed by atoms with Gasteiger partial charge in [0, 0.05) is 30.5 Å². The molecule has 4 saturated carbocycles. The van der Waals surface area contributed by atoms with Crippen LogP contribution < -0.4 is 0 Å². The second kappa shape index (κ2) is 13.2. The number of aromatic nitrogens is 4. The molecule has 10 nitrogen and oxygen atoms in total. The first kappa shape index (κ1) is 40.1. The number of carboxylic acid groups (broad SMARTS) is 1. The second-order valence-electron chi connectivity index (χ2n) is 20.3. The van der Waals surface area contributed by atoms with Crippen molar-refractivity contribution in [1.82, 2.24) is 19.7 Å². The molecule has 9 atom stereocenters. The Morgan fingerprint density at radius 2 is 1.69 bits per heavy atom. The van der Waals surface area contributed by atoms with Gasteiger partial charge in [-0.15, -0.1) is 10.2 Å². The van der Waals surface area contributed by atoms with Gasteiger partial charge in [-0.3, -0.25) is 19.4 Å². The van der Waals surface area contributed by atoms with E-state index in [4.69, 9.17) is 16.3 Å². The fourth-order valence-electron chi connectivity index (χ4n) is 13.4. The van der Waals surface area contributed by atoms with Crippen LogP contribution in [0.4, 0.5) is 0 Å². The zero-order valence-corrected chi connectivity index (χ0v) is 35.2. The summed E-state index contributed by atoms with van der Waals surface area (Å²) in [6.07, 6.45) is 7.75. The number of Topliss-reactive ketones (excluding diaryl/α,β-unsaturated/α-hetero) is 1. The summed E-state index contributed by atoms with van der Waals surface area (Å²) in [5.74, 6) is 0.655. The highest BCUT2D eigenvalue weighted by Crippen LogP contribution is 2.77. The number of carbonyl (C=O) groups excluding carboxylic acids is 2. The van der Waals surface area contributed by atoms with E-state index in [9.17, 15) is 24.6 Å². The fraction of sp³-hybridized carbons (Fsp3) is 0.727. The topological polar surface area (TPSA) is 144 Å². The van der Waals surface area contributed by atoms with Crippen molar-refractivity contribution >= 4 is 29.3 Å². The lowest BCUT2D eigenvalue weighted by Crippen LogP contribution is -2.66. The molecule has 0 radical (unpaired) electrons. The van der Waals surface area contributed by atoms with E-state index < -0.39 is 28.9 Å². The van der Waals surface area contributed by atoms with Crippen molar-refractivity contribution in [2.24, 2.45) is 63.2 Å². The number of pyridine rings is 1. The summed E-state index contributed by atoms with van der Waals surface area (Å²) in [6, 6.07) is 3.56. The monoisotopic (exact) mass is 776 g/mol. The number of ether oxygens (including phenoxy) is 1. The number of aliphatic hydroxyl groups is 1. The highest BCUT2D eigenvalue weighted by Gasteiger charge is 2.71. The van der Waals surface area contributed by atoms with E-state index in [1.165, 1.54) is 5.57 Å². The molecule has 0 aliphatic heterocycles. The highest BCUT2D eigenvalue weighted by atomic mass is 35.5. The summed E-state index contributed by atoms with van der Waals surface area (Å²) in [5, 5.41) is 31.8. The molecule has 300 valence electrons. The van der Waals surface area contributed by atoms with Gasteiger partial charge in [-0.1, -0.05) is 60.1 Å². The number of fused-ring (bicyclic) bond motifs is 7. The number of esters is 1. The summed E-state index contributed by atoms with van der Waals surface area (Å²) in [7, 11) is 1.86. The van der Waals surface area contributed by atoms with Gasteiger partial charge in [-0.2, -0.15) is 0 Å². The van der Waals surface area contributed by atoms with Crippen molar-refractivity contribution in [1.29, 1.82) is 0 Å². The molecule has 0 bridgehead atoms. The number of carboxylic acids is 1. The molecule has 0 unspecified atom stereocenters. The number of ketones is 1. The Hall–Kier alpha value is -3.11. The summed E-state index contributed by atoms with van der Waals surface area (Å²) < 4.78 is 7.99. The third-order valence-electron chi connectivity index (χ3n) is 16.5. The van der Waals surface area contributed by atoms with Crippen LogP contribution in [0.25, 0.3) is 11.5 Å². The van der Waals surface area contributed by atoms with Gasteiger partial charge in [-0.25, -0.2) is 0 Å². The summed E-state index contributed by atoms with van der Waals surface area (Å²) in [4.78, 5) is 43.6. The van der Waals surface area contributed by atoms with Gasteiger partial charge >= 0.3 is 11.9 Å². The first-order chi connectivity index (χ1) is 25.5. The molecule has 11 heteroatoms. The Bertz CT molecular complexity index is 1930. The van der Waals surface area contributed by atoms with Gasteiger partial charge in [0.15, 0.2) is 17.4 Å². The van der Waals surface area contributed by atoms with Crippen LogP contribution in [-0.2, 0) is 26.2 Å². The molecule has 55 heavy (non-hydrogen) atoms. The highest BCUT2D eigenvalue weighted by molar-refractivity contribution is 6.30. The zero-order valence-electron chi connectivity index (χ0n) is 34.5. The number of aliphatic hydroxyl groups excluding tert-OH is 1. The van der Waals surface area contributed by atoms with E-state index in [0.717, 1.165) is 50.5 Å². The van der Waals surface area contributed by atoms with Crippen molar-refractivity contribution in [2.45, 2.75) is 139 Å². The molecule has 2 aromatic heterocycles. The fourth-order valence-corrected chi connectivity index (χ4v) is 13.5. The molecule has 2 aromatic rings. The quantitative estimate of drug-likeness (QED) is 0.251. The van der Waals surface area contributed by atoms with Gasteiger partial charge in [-0.05, 0) is 128 Å². The molecule has 0 aromatic carbocycles. The first-order valence-corrected chi connectivity index (χ1v) is 20.8. The van der Waals surface area contributed by atoms with Crippen LogP contribution in [-0.4, -0.2) is 53.8 Å². The minimum absolute atomic E-state index is 0.0116. The van der Waals surface area contributed by atoms with Crippen LogP contribution >= 0.6 is 11.6 Å². The van der Waals surface area contributed by atoms with E-state index in [0.29, 0.717) is 40.6 Å². The van der Waals surface area contributed by atoms with Crippen LogP contribution in [0, 0.1) is 56.2 Å². The molecule has 0 saturated heterocycles. The Morgan fingerprint density at radius 3 is 2.33 bits per heavy atom. The van der Waals surface area contributed by atoms with E-state index in [-0.39, 0.29) is 58.2 Å². The van der Waals surface area contributed by atoms with Crippen molar-refractivity contribution in [2.75, 3.05) is 0 Å². The number of nitrogens with zero attached hydrogens (tertiary/aromatic N) is 4. The summed E-state index contributed by atoms with van der Waals surface area (Å²) >= 11 is 6.12. The lowest BCUT2D eigenvalue weighted by atomic mass is 9.33. The second-order valence-corrected chi connectivity index (χ2v) is 20.7. The molecular formula is C44H61ClN4O6. The number of carbonyl (C=O) groups is 3. The maximum absolute atomic E-state index is 14.2. The van der Waals surface area contributed by atoms with Gasteiger partial charge in [0.2, 0.25) is 0 Å². The minimum atomic E-state index is -1.18. The van der Waals surface area contributed by atoms with Crippen LogP contribution in [0.2, 0.25) is 5.02 Å². The molecule has 0 spiro atoms. The van der Waals surface area contributed by atoms with Crippen molar-refractivity contribution in [3.8, 4) is 11.5 Å². The molecule has 2 N–H and O–H groups in total. The van der Waals surface area contributed by atoms with Gasteiger partial charge in [0.05, 0.1) is 16.9 Å². The number of aliphatic carboxylic acids is 1. The minimum Gasteiger partial charge on any atom is -0.481 e. The SMILES string of the molecule is CC(C)C1=C2[C@H]3CC[C@@H]4[C@@]5(C)CC[C@H](OC(=O)CC(C)(C)C(=O)O)C(C)(C)[C@@H]5CC[C@@]4(C)[C@]3(C)CC[C@@]2([C@@H](O)c2nnc(-c3ccc(Cl)cn3)n2C)CC1=O. The molecule has 0 amide bonds. The van der Waals surface area contributed by atoms with E-state index in [1.54, 1.807) is 32.2 Å². The van der Waals surface area contributed by atoms with Crippen molar-refractivity contribution in [3.05, 3.63) is 40.3 Å². The molecule has 5 aliphatic rings. The van der Waals surface area contributed by atoms with Crippen LogP contribution in [0.15, 0.2) is 29.5 Å². The number of halogens is 1. The third-order valence-corrected chi connectivity index (χ3v) is 16.7. The Balaban J connectivity index is 1.21.